The number of piperidine rings is 1. The number of rotatable bonds is 12. The van der Waals surface area contributed by atoms with Gasteiger partial charge in [-0.3, -0.25) is 19.2 Å². The van der Waals surface area contributed by atoms with Crippen LogP contribution in [0, 0.1) is 0 Å². The lowest BCUT2D eigenvalue weighted by Crippen LogP contribution is -2.54. The van der Waals surface area contributed by atoms with Crippen molar-refractivity contribution in [2.24, 2.45) is 7.05 Å². The van der Waals surface area contributed by atoms with Crippen LogP contribution in [0.3, 0.4) is 0 Å². The highest BCUT2D eigenvalue weighted by molar-refractivity contribution is 5.97. The summed E-state index contributed by atoms with van der Waals surface area (Å²) >= 11 is 0. The van der Waals surface area contributed by atoms with Crippen LogP contribution in [-0.4, -0.2) is 83.7 Å². The number of benzene rings is 2. The van der Waals surface area contributed by atoms with Gasteiger partial charge in [0.1, 0.15) is 17.2 Å². The minimum atomic E-state index is -1.19. The molecule has 1 fully saturated rings. The number of hydrogen-bond donors (Lipinski definition) is 3. The normalized spacial score (nSPS) is 19.0. The SMILES string of the molecule is COC(=O)[C@@H](CCCCNC(=O)OC(C)(C)C)NC(=O)[C@@]1(c2ccccc2)CC[C@H](C(=O)N2CCC(NC(=O)c3cccn(C)c3=O)CC2)c2ccccc21. The average Bonchev–Trinajstić information content (AvgIpc) is 3.17. The van der Waals surface area contributed by atoms with Gasteiger partial charge in [0.15, 0.2) is 0 Å². The number of ether oxygens (including phenoxy) is 2. The van der Waals surface area contributed by atoms with E-state index in [1.165, 1.54) is 17.7 Å². The number of likely N-dealkylation sites (tertiary alicyclic amines) is 1. The predicted octanol–water partition coefficient (Wildman–Crippen LogP) is 4.32. The standard InChI is InChI=1S/C42H53N5O8/c1-41(2,3)55-40(53)43-24-12-11-19-34(38(51)54-5)45-39(52)42(28-14-7-6-8-15-28)23-20-31(30-16-9-10-18-33(30)42)37(50)47-26-21-29(22-27-47)44-35(48)32-17-13-25-46(4)36(32)49/h6-10,13-18,25,29,31,34H,11-12,19-24,26-27H2,1-5H3,(H,43,53)(H,44,48)(H,45,52)/t31-,34+,42+/m0/s1. The van der Waals surface area contributed by atoms with Crippen LogP contribution in [0.1, 0.15) is 98.7 Å². The number of carbonyl (C=O) groups is 5. The molecule has 0 radical (unpaired) electrons. The molecule has 3 atom stereocenters. The molecule has 3 N–H and O–H groups in total. The summed E-state index contributed by atoms with van der Waals surface area (Å²) in [6, 6.07) is 19.0. The van der Waals surface area contributed by atoms with E-state index in [9.17, 15) is 28.8 Å². The number of aryl methyl sites for hydroxylation is 1. The Morgan fingerprint density at radius 3 is 2.29 bits per heavy atom. The van der Waals surface area contributed by atoms with Gasteiger partial charge in [-0.1, -0.05) is 54.6 Å². The molecular weight excluding hydrogens is 702 g/mol. The Bertz CT molecular complexity index is 1910. The number of carbonyl (C=O) groups excluding carboxylic acids is 5. The molecule has 2 heterocycles. The van der Waals surface area contributed by atoms with Gasteiger partial charge in [0.05, 0.1) is 18.4 Å². The third kappa shape index (κ3) is 9.62. The van der Waals surface area contributed by atoms with Gasteiger partial charge in [-0.05, 0) is 94.5 Å². The maximum Gasteiger partial charge on any atom is 0.407 e. The Labute approximate surface area is 322 Å². The Kier molecular flexibility index (Phi) is 13.2. The summed E-state index contributed by atoms with van der Waals surface area (Å²) in [5.41, 5.74) is 0.129. The fraction of sp³-hybridized carbons (Fsp3) is 0.476. The van der Waals surface area contributed by atoms with Crippen LogP contribution in [-0.2, 0) is 36.3 Å². The second kappa shape index (κ2) is 17.8. The summed E-state index contributed by atoms with van der Waals surface area (Å²) in [4.78, 5) is 81.2. The fourth-order valence-electron chi connectivity index (χ4n) is 7.64. The molecule has 3 aromatic rings. The van der Waals surface area contributed by atoms with Gasteiger partial charge in [0, 0.05) is 38.9 Å². The van der Waals surface area contributed by atoms with Crippen LogP contribution in [0.2, 0.25) is 0 Å². The van der Waals surface area contributed by atoms with E-state index in [1.807, 2.05) is 59.5 Å². The van der Waals surface area contributed by atoms with Gasteiger partial charge in [0.25, 0.3) is 11.5 Å². The minimum Gasteiger partial charge on any atom is -0.467 e. The number of fused-ring (bicyclic) bond motifs is 1. The molecule has 1 aromatic heterocycles. The molecule has 294 valence electrons. The Hall–Kier alpha value is -5.46. The third-order valence-electron chi connectivity index (χ3n) is 10.4. The van der Waals surface area contributed by atoms with E-state index >= 15 is 0 Å². The summed E-state index contributed by atoms with van der Waals surface area (Å²) in [5.74, 6) is -1.88. The zero-order valence-electron chi connectivity index (χ0n) is 32.4. The summed E-state index contributed by atoms with van der Waals surface area (Å²) in [6.07, 6.45) is 4.24. The van der Waals surface area contributed by atoms with Crippen molar-refractivity contribution < 1.29 is 33.4 Å². The van der Waals surface area contributed by atoms with Crippen molar-refractivity contribution in [3.05, 3.63) is 106 Å². The smallest absolute Gasteiger partial charge is 0.407 e. The van der Waals surface area contributed by atoms with Crippen molar-refractivity contribution in [3.63, 3.8) is 0 Å². The highest BCUT2D eigenvalue weighted by atomic mass is 16.6. The fourth-order valence-corrected chi connectivity index (χ4v) is 7.64. The van der Waals surface area contributed by atoms with Gasteiger partial charge in [-0.15, -0.1) is 0 Å². The molecule has 13 heteroatoms. The predicted molar refractivity (Wildman–Crippen MR) is 206 cm³/mol. The second-order valence-corrected chi connectivity index (χ2v) is 15.3. The van der Waals surface area contributed by atoms with Gasteiger partial charge in [-0.2, -0.15) is 0 Å². The molecule has 55 heavy (non-hydrogen) atoms. The summed E-state index contributed by atoms with van der Waals surface area (Å²) < 4.78 is 11.8. The number of esters is 1. The van der Waals surface area contributed by atoms with Crippen molar-refractivity contribution in [3.8, 4) is 0 Å². The van der Waals surface area contributed by atoms with Crippen LogP contribution in [0.5, 0.6) is 0 Å². The van der Waals surface area contributed by atoms with Crippen molar-refractivity contribution in [1.29, 1.82) is 0 Å². The van der Waals surface area contributed by atoms with E-state index in [0.29, 0.717) is 70.1 Å². The van der Waals surface area contributed by atoms with Crippen molar-refractivity contribution in [2.75, 3.05) is 26.7 Å². The number of methoxy groups -OCH3 is 1. The first-order chi connectivity index (χ1) is 26.2. The number of unbranched alkanes of at least 4 members (excludes halogenated alkanes) is 1. The molecule has 0 unspecified atom stereocenters. The summed E-state index contributed by atoms with van der Waals surface area (Å²) in [7, 11) is 2.88. The van der Waals surface area contributed by atoms with Gasteiger partial charge in [0.2, 0.25) is 11.8 Å². The van der Waals surface area contributed by atoms with E-state index in [-0.39, 0.29) is 29.0 Å². The largest absolute Gasteiger partial charge is 0.467 e. The summed E-state index contributed by atoms with van der Waals surface area (Å²) in [5, 5.41) is 8.71. The number of aromatic nitrogens is 1. The quantitative estimate of drug-likeness (QED) is 0.182. The summed E-state index contributed by atoms with van der Waals surface area (Å²) in [6.45, 7) is 6.58. The molecule has 5 rings (SSSR count). The van der Waals surface area contributed by atoms with Crippen LogP contribution < -0.4 is 21.5 Å². The van der Waals surface area contributed by atoms with E-state index < -0.39 is 40.9 Å². The van der Waals surface area contributed by atoms with Gasteiger partial charge >= 0.3 is 12.1 Å². The van der Waals surface area contributed by atoms with Crippen LogP contribution in [0.15, 0.2) is 77.7 Å². The molecule has 0 saturated carbocycles. The molecule has 0 bridgehead atoms. The molecular formula is C42H53N5O8. The third-order valence-corrected chi connectivity index (χ3v) is 10.4. The molecule has 2 aromatic carbocycles. The lowest BCUT2D eigenvalue weighted by Gasteiger charge is -2.43. The number of pyridine rings is 1. The highest BCUT2D eigenvalue weighted by Crippen LogP contribution is 2.48. The Morgan fingerprint density at radius 1 is 0.909 bits per heavy atom. The van der Waals surface area contributed by atoms with E-state index in [2.05, 4.69) is 16.0 Å². The van der Waals surface area contributed by atoms with E-state index in [1.54, 1.807) is 40.1 Å². The first-order valence-electron chi connectivity index (χ1n) is 19.0. The molecule has 0 spiro atoms. The van der Waals surface area contributed by atoms with Crippen LogP contribution in [0.25, 0.3) is 0 Å². The Balaban J connectivity index is 1.30. The highest BCUT2D eigenvalue weighted by Gasteiger charge is 2.49. The maximum atomic E-state index is 14.7. The molecule has 1 aliphatic heterocycles. The van der Waals surface area contributed by atoms with Crippen molar-refractivity contribution in [2.45, 2.75) is 94.7 Å². The van der Waals surface area contributed by atoms with E-state index in [4.69, 9.17) is 9.47 Å². The molecule has 1 aliphatic carbocycles. The lowest BCUT2D eigenvalue weighted by atomic mass is 9.62. The number of hydrogen-bond acceptors (Lipinski definition) is 8. The van der Waals surface area contributed by atoms with Crippen LogP contribution >= 0.6 is 0 Å². The number of amides is 4. The minimum absolute atomic E-state index is 0.0383. The molecule has 2 aliphatic rings. The monoisotopic (exact) mass is 755 g/mol. The van der Waals surface area contributed by atoms with Crippen molar-refractivity contribution >= 4 is 29.8 Å². The lowest BCUT2D eigenvalue weighted by molar-refractivity contribution is -0.146. The number of alkyl carbamates (subject to hydrolysis) is 1. The number of nitrogens with zero attached hydrogens (tertiary/aromatic N) is 2. The van der Waals surface area contributed by atoms with E-state index in [0.717, 1.165) is 11.1 Å². The van der Waals surface area contributed by atoms with Crippen molar-refractivity contribution in [1.82, 2.24) is 25.4 Å². The van der Waals surface area contributed by atoms with Gasteiger partial charge in [-0.25, -0.2) is 9.59 Å². The van der Waals surface area contributed by atoms with Gasteiger partial charge < -0.3 is 34.9 Å². The topological polar surface area (TPSA) is 165 Å². The maximum absolute atomic E-state index is 14.7. The number of nitrogens with one attached hydrogen (secondary N) is 3. The Morgan fingerprint density at radius 2 is 1.60 bits per heavy atom. The average molecular weight is 756 g/mol. The second-order valence-electron chi connectivity index (χ2n) is 15.3. The zero-order chi connectivity index (χ0) is 39.8. The first kappa shape index (κ1) is 40.7. The first-order valence-corrected chi connectivity index (χ1v) is 19.0. The molecule has 1 saturated heterocycles. The zero-order valence-corrected chi connectivity index (χ0v) is 32.4. The van der Waals surface area contributed by atoms with Crippen LogP contribution in [0.4, 0.5) is 4.79 Å². The molecule has 13 nitrogen and oxygen atoms in total. The molecule has 4 amide bonds.